The Morgan fingerprint density at radius 1 is 1.44 bits per heavy atom. The highest BCUT2D eigenvalue weighted by atomic mass is 79.9. The fraction of sp³-hybridized carbons (Fsp3) is 0.333. The van der Waals surface area contributed by atoms with Crippen LogP contribution in [0.2, 0.25) is 0 Å². The smallest absolute Gasteiger partial charge is 0.247 e. The summed E-state index contributed by atoms with van der Waals surface area (Å²) in [5.74, 6) is 0.404. The van der Waals surface area contributed by atoms with Crippen molar-refractivity contribution in [3.05, 3.63) is 22.7 Å². The average Bonchev–Trinajstić information content (AvgIpc) is 2.35. The summed E-state index contributed by atoms with van der Waals surface area (Å²) in [6.45, 7) is 1.73. The summed E-state index contributed by atoms with van der Waals surface area (Å²) in [5, 5.41) is 2.55. The Morgan fingerprint density at radius 3 is 2.78 bits per heavy atom. The molecule has 1 saturated heterocycles. The Morgan fingerprint density at radius 2 is 2.17 bits per heavy atom. The molecule has 1 heterocycles. The first kappa shape index (κ1) is 12.9. The number of ether oxygens (including phenoxy) is 1. The maximum absolute atomic E-state index is 11.9. The second-order valence-corrected chi connectivity index (χ2v) is 4.83. The number of nitrogens with zero attached hydrogens (tertiary/aromatic N) is 1. The zero-order valence-electron chi connectivity index (χ0n) is 10.1. The Kier molecular flexibility index (Phi) is 3.56. The van der Waals surface area contributed by atoms with E-state index >= 15 is 0 Å². The van der Waals surface area contributed by atoms with Crippen LogP contribution in [0.5, 0.6) is 5.75 Å². The standard InChI is InChI=1S/C12H13BrN2O3/c1-7-12(17)14-6-11(16)15(7)8-3-4-10(18-2)9(13)5-8/h3-5,7H,6H2,1-2H3,(H,14,17). The molecule has 2 amide bonds. The molecule has 0 aliphatic carbocycles. The number of benzene rings is 1. The van der Waals surface area contributed by atoms with Crippen molar-refractivity contribution in [1.82, 2.24) is 5.32 Å². The highest BCUT2D eigenvalue weighted by Crippen LogP contribution is 2.30. The quantitative estimate of drug-likeness (QED) is 0.895. The highest BCUT2D eigenvalue weighted by molar-refractivity contribution is 9.10. The zero-order chi connectivity index (χ0) is 13.3. The summed E-state index contributed by atoms with van der Waals surface area (Å²) in [4.78, 5) is 25.0. The average molecular weight is 313 g/mol. The molecular weight excluding hydrogens is 300 g/mol. The molecule has 1 fully saturated rings. The van der Waals surface area contributed by atoms with E-state index in [4.69, 9.17) is 4.74 Å². The fourth-order valence-electron chi connectivity index (χ4n) is 1.90. The van der Waals surface area contributed by atoms with E-state index < -0.39 is 6.04 Å². The van der Waals surface area contributed by atoms with Crippen molar-refractivity contribution in [3.8, 4) is 5.75 Å². The largest absolute Gasteiger partial charge is 0.496 e. The second kappa shape index (κ2) is 4.97. The van der Waals surface area contributed by atoms with Crippen LogP contribution in [0.4, 0.5) is 5.69 Å². The molecule has 1 aliphatic rings. The van der Waals surface area contributed by atoms with E-state index in [1.165, 1.54) is 4.90 Å². The van der Waals surface area contributed by atoms with Gasteiger partial charge < -0.3 is 10.1 Å². The van der Waals surface area contributed by atoms with Gasteiger partial charge in [0.15, 0.2) is 0 Å². The number of hydrogen-bond acceptors (Lipinski definition) is 3. The normalized spacial score (nSPS) is 19.7. The molecule has 1 aromatic rings. The van der Waals surface area contributed by atoms with Crippen molar-refractivity contribution < 1.29 is 14.3 Å². The third-order valence-electron chi connectivity index (χ3n) is 2.86. The highest BCUT2D eigenvalue weighted by Gasteiger charge is 2.32. The van der Waals surface area contributed by atoms with Crippen molar-refractivity contribution in [3.63, 3.8) is 0 Å². The first-order valence-corrected chi connectivity index (χ1v) is 6.27. The number of rotatable bonds is 2. The van der Waals surface area contributed by atoms with Gasteiger partial charge in [-0.15, -0.1) is 0 Å². The van der Waals surface area contributed by atoms with Crippen LogP contribution in [-0.2, 0) is 9.59 Å². The van der Waals surface area contributed by atoms with Gasteiger partial charge in [0.25, 0.3) is 0 Å². The minimum atomic E-state index is -0.508. The van der Waals surface area contributed by atoms with Gasteiger partial charge in [-0.2, -0.15) is 0 Å². The first-order chi connectivity index (χ1) is 8.54. The number of methoxy groups -OCH3 is 1. The van der Waals surface area contributed by atoms with E-state index in [1.54, 1.807) is 32.2 Å². The summed E-state index contributed by atoms with van der Waals surface area (Å²) in [7, 11) is 1.57. The Labute approximate surface area is 113 Å². The number of carbonyl (C=O) groups is 2. The number of nitrogens with one attached hydrogen (secondary N) is 1. The molecule has 1 aliphatic heterocycles. The lowest BCUT2D eigenvalue weighted by Crippen LogP contribution is -2.57. The van der Waals surface area contributed by atoms with Crippen LogP contribution >= 0.6 is 15.9 Å². The van der Waals surface area contributed by atoms with Crippen LogP contribution in [-0.4, -0.2) is 31.5 Å². The van der Waals surface area contributed by atoms with Crippen molar-refractivity contribution >= 4 is 33.4 Å². The molecule has 1 N–H and O–H groups in total. The lowest BCUT2D eigenvalue weighted by atomic mass is 10.1. The SMILES string of the molecule is COc1ccc(N2C(=O)CNC(=O)C2C)cc1Br. The van der Waals surface area contributed by atoms with Gasteiger partial charge in [0.2, 0.25) is 11.8 Å². The number of hydrogen-bond donors (Lipinski definition) is 1. The van der Waals surface area contributed by atoms with Crippen LogP contribution in [0.25, 0.3) is 0 Å². The van der Waals surface area contributed by atoms with Crippen LogP contribution in [0.15, 0.2) is 22.7 Å². The number of anilines is 1. The molecule has 2 rings (SSSR count). The molecule has 0 bridgehead atoms. The van der Waals surface area contributed by atoms with E-state index in [0.717, 1.165) is 4.47 Å². The third-order valence-corrected chi connectivity index (χ3v) is 3.48. The van der Waals surface area contributed by atoms with Gasteiger partial charge in [-0.1, -0.05) is 0 Å². The van der Waals surface area contributed by atoms with E-state index in [9.17, 15) is 9.59 Å². The third kappa shape index (κ3) is 2.20. The minimum Gasteiger partial charge on any atom is -0.496 e. The van der Waals surface area contributed by atoms with Gasteiger partial charge in [-0.25, -0.2) is 0 Å². The first-order valence-electron chi connectivity index (χ1n) is 5.48. The van der Waals surface area contributed by atoms with Crippen LogP contribution in [0, 0.1) is 0 Å². The maximum Gasteiger partial charge on any atom is 0.247 e. The molecule has 1 atom stereocenters. The van der Waals surface area contributed by atoms with Crippen LogP contribution in [0.1, 0.15) is 6.92 Å². The van der Waals surface area contributed by atoms with Gasteiger partial charge in [0, 0.05) is 5.69 Å². The van der Waals surface area contributed by atoms with E-state index in [2.05, 4.69) is 21.2 Å². The van der Waals surface area contributed by atoms with Crippen molar-refractivity contribution in [1.29, 1.82) is 0 Å². The predicted molar refractivity (Wildman–Crippen MR) is 70.7 cm³/mol. The molecule has 18 heavy (non-hydrogen) atoms. The summed E-state index contributed by atoms with van der Waals surface area (Å²) in [5.41, 5.74) is 0.676. The molecule has 1 aromatic carbocycles. The van der Waals surface area contributed by atoms with Crippen LogP contribution in [0.3, 0.4) is 0 Å². The summed E-state index contributed by atoms with van der Waals surface area (Å²) >= 11 is 3.37. The lowest BCUT2D eigenvalue weighted by molar-refractivity contribution is -0.130. The van der Waals surface area contributed by atoms with Gasteiger partial charge in [0.1, 0.15) is 11.8 Å². The molecule has 0 saturated carbocycles. The molecular formula is C12H13BrN2O3. The van der Waals surface area contributed by atoms with Gasteiger partial charge >= 0.3 is 0 Å². The number of carbonyl (C=O) groups excluding carboxylic acids is 2. The van der Waals surface area contributed by atoms with Gasteiger partial charge in [-0.05, 0) is 41.1 Å². The lowest BCUT2D eigenvalue weighted by Gasteiger charge is -2.32. The van der Waals surface area contributed by atoms with E-state index in [1.807, 2.05) is 0 Å². The molecule has 0 radical (unpaired) electrons. The summed E-state index contributed by atoms with van der Waals surface area (Å²) in [6, 6.07) is 4.78. The predicted octanol–water partition coefficient (Wildman–Crippen LogP) is 1.31. The maximum atomic E-state index is 11.9. The molecule has 0 aromatic heterocycles. The number of piperazine rings is 1. The Bertz CT molecular complexity index is 504. The van der Waals surface area contributed by atoms with Gasteiger partial charge in [-0.3, -0.25) is 14.5 Å². The van der Waals surface area contributed by atoms with Crippen molar-refractivity contribution in [2.24, 2.45) is 0 Å². The zero-order valence-corrected chi connectivity index (χ0v) is 11.7. The van der Waals surface area contributed by atoms with Crippen LogP contribution < -0.4 is 15.0 Å². The molecule has 6 heteroatoms. The Balaban J connectivity index is 2.37. The number of halogens is 1. The van der Waals surface area contributed by atoms with E-state index in [-0.39, 0.29) is 18.4 Å². The number of amides is 2. The molecule has 0 spiro atoms. The molecule has 5 nitrogen and oxygen atoms in total. The fourth-order valence-corrected chi connectivity index (χ4v) is 2.43. The van der Waals surface area contributed by atoms with Crippen molar-refractivity contribution in [2.45, 2.75) is 13.0 Å². The van der Waals surface area contributed by atoms with Gasteiger partial charge in [0.05, 0.1) is 18.1 Å². The second-order valence-electron chi connectivity index (χ2n) is 3.98. The van der Waals surface area contributed by atoms with E-state index in [0.29, 0.717) is 11.4 Å². The molecule has 1 unspecified atom stereocenters. The Hall–Kier alpha value is -1.56. The minimum absolute atomic E-state index is 0.0345. The summed E-state index contributed by atoms with van der Waals surface area (Å²) in [6.07, 6.45) is 0. The monoisotopic (exact) mass is 312 g/mol. The summed E-state index contributed by atoms with van der Waals surface area (Å²) < 4.78 is 5.88. The topological polar surface area (TPSA) is 58.6 Å². The van der Waals surface area contributed by atoms with Crippen molar-refractivity contribution in [2.75, 3.05) is 18.6 Å². The molecule has 96 valence electrons.